The molecule has 2 rings (SSSR count). The van der Waals surface area contributed by atoms with Gasteiger partial charge in [-0.15, -0.1) is 0 Å². The van der Waals surface area contributed by atoms with E-state index >= 15 is 0 Å². The molecule has 4 heteroatoms. The summed E-state index contributed by atoms with van der Waals surface area (Å²) in [4.78, 5) is 8.44. The number of aryl methyl sites for hydroxylation is 2. The Bertz CT molecular complexity index is 537. The first-order chi connectivity index (χ1) is 8.56. The van der Waals surface area contributed by atoms with Crippen LogP contribution in [0.2, 0.25) is 0 Å². The van der Waals surface area contributed by atoms with Crippen molar-refractivity contribution in [3.05, 3.63) is 58.9 Å². The highest BCUT2D eigenvalue weighted by Crippen LogP contribution is 2.17. The SMILES string of the molecule is Cc1cnc(C(N)Cc2ccc(F)cc2C)cn1. The molecule has 1 heterocycles. The maximum absolute atomic E-state index is 13.0. The summed E-state index contributed by atoms with van der Waals surface area (Å²) in [7, 11) is 0. The third-order valence-electron chi connectivity index (χ3n) is 2.93. The lowest BCUT2D eigenvalue weighted by Crippen LogP contribution is -2.16. The van der Waals surface area contributed by atoms with Crippen LogP contribution in [0, 0.1) is 19.7 Å². The maximum atomic E-state index is 13.0. The van der Waals surface area contributed by atoms with Crippen molar-refractivity contribution in [2.45, 2.75) is 26.3 Å². The molecule has 1 aromatic carbocycles. The Labute approximate surface area is 106 Å². The van der Waals surface area contributed by atoms with Crippen LogP contribution in [-0.2, 0) is 6.42 Å². The fourth-order valence-electron chi connectivity index (χ4n) is 1.82. The van der Waals surface area contributed by atoms with Crippen molar-refractivity contribution >= 4 is 0 Å². The molecular formula is C14H16FN3. The summed E-state index contributed by atoms with van der Waals surface area (Å²) in [5.74, 6) is -0.222. The number of halogens is 1. The molecule has 0 radical (unpaired) electrons. The molecule has 1 unspecified atom stereocenters. The molecule has 0 bridgehead atoms. The molecule has 0 spiro atoms. The van der Waals surface area contributed by atoms with E-state index in [0.29, 0.717) is 6.42 Å². The van der Waals surface area contributed by atoms with Crippen molar-refractivity contribution in [2.75, 3.05) is 0 Å². The van der Waals surface area contributed by atoms with Crippen molar-refractivity contribution in [1.29, 1.82) is 0 Å². The van der Waals surface area contributed by atoms with Gasteiger partial charge >= 0.3 is 0 Å². The lowest BCUT2D eigenvalue weighted by molar-refractivity contribution is 0.623. The van der Waals surface area contributed by atoms with Crippen molar-refractivity contribution in [2.24, 2.45) is 5.73 Å². The summed E-state index contributed by atoms with van der Waals surface area (Å²) < 4.78 is 13.0. The molecule has 0 saturated carbocycles. The van der Waals surface area contributed by atoms with E-state index in [9.17, 15) is 4.39 Å². The number of benzene rings is 1. The molecule has 1 atom stereocenters. The Morgan fingerprint density at radius 2 is 2.00 bits per heavy atom. The lowest BCUT2D eigenvalue weighted by atomic mass is 10.00. The number of nitrogens with zero attached hydrogens (tertiary/aromatic N) is 2. The molecule has 0 aliphatic carbocycles. The quantitative estimate of drug-likeness (QED) is 0.903. The summed E-state index contributed by atoms with van der Waals surface area (Å²) in [5, 5.41) is 0. The first-order valence-corrected chi connectivity index (χ1v) is 5.85. The van der Waals surface area contributed by atoms with Gasteiger partial charge in [0, 0.05) is 6.20 Å². The van der Waals surface area contributed by atoms with Crippen LogP contribution in [0.15, 0.2) is 30.6 Å². The predicted octanol–water partition coefficient (Wildman–Crippen LogP) is 2.48. The Morgan fingerprint density at radius 3 is 2.61 bits per heavy atom. The molecule has 2 N–H and O–H groups in total. The van der Waals surface area contributed by atoms with Crippen molar-refractivity contribution < 1.29 is 4.39 Å². The second kappa shape index (κ2) is 5.23. The highest BCUT2D eigenvalue weighted by atomic mass is 19.1. The maximum Gasteiger partial charge on any atom is 0.123 e. The van der Waals surface area contributed by atoms with E-state index in [1.807, 2.05) is 13.8 Å². The molecule has 0 fully saturated rings. The van der Waals surface area contributed by atoms with Crippen LogP contribution in [-0.4, -0.2) is 9.97 Å². The highest BCUT2D eigenvalue weighted by Gasteiger charge is 2.10. The van der Waals surface area contributed by atoms with E-state index in [2.05, 4.69) is 9.97 Å². The van der Waals surface area contributed by atoms with E-state index in [1.165, 1.54) is 12.1 Å². The fraction of sp³-hybridized carbons (Fsp3) is 0.286. The van der Waals surface area contributed by atoms with E-state index in [0.717, 1.165) is 22.5 Å². The first-order valence-electron chi connectivity index (χ1n) is 5.85. The van der Waals surface area contributed by atoms with Crippen LogP contribution in [0.5, 0.6) is 0 Å². The second-order valence-electron chi connectivity index (χ2n) is 4.46. The average Bonchev–Trinajstić information content (AvgIpc) is 2.33. The van der Waals surface area contributed by atoms with Crippen LogP contribution in [0.1, 0.15) is 28.6 Å². The van der Waals surface area contributed by atoms with Crippen LogP contribution >= 0.6 is 0 Å². The zero-order valence-electron chi connectivity index (χ0n) is 10.5. The Balaban J connectivity index is 2.15. The van der Waals surface area contributed by atoms with Gasteiger partial charge in [-0.05, 0) is 43.5 Å². The molecule has 0 saturated heterocycles. The largest absolute Gasteiger partial charge is 0.322 e. The van der Waals surface area contributed by atoms with E-state index in [4.69, 9.17) is 5.73 Å². The number of rotatable bonds is 3. The molecule has 0 aliphatic rings. The second-order valence-corrected chi connectivity index (χ2v) is 4.46. The van der Waals surface area contributed by atoms with Gasteiger partial charge in [0.1, 0.15) is 5.82 Å². The third-order valence-corrected chi connectivity index (χ3v) is 2.93. The number of nitrogens with two attached hydrogens (primary N) is 1. The highest BCUT2D eigenvalue weighted by molar-refractivity contribution is 5.28. The summed E-state index contributed by atoms with van der Waals surface area (Å²) in [6.07, 6.45) is 4.02. The zero-order valence-corrected chi connectivity index (χ0v) is 10.5. The van der Waals surface area contributed by atoms with Crippen LogP contribution in [0.25, 0.3) is 0 Å². The van der Waals surface area contributed by atoms with Crippen molar-refractivity contribution in [1.82, 2.24) is 9.97 Å². The molecule has 0 aliphatic heterocycles. The molecular weight excluding hydrogens is 229 g/mol. The molecule has 3 nitrogen and oxygen atoms in total. The molecule has 0 amide bonds. The summed E-state index contributed by atoms with van der Waals surface area (Å²) in [6, 6.07) is 4.52. The Hall–Kier alpha value is -1.81. The minimum Gasteiger partial charge on any atom is -0.322 e. The monoisotopic (exact) mass is 245 g/mol. The molecule has 18 heavy (non-hydrogen) atoms. The number of hydrogen-bond donors (Lipinski definition) is 1. The van der Waals surface area contributed by atoms with Gasteiger partial charge in [-0.1, -0.05) is 6.07 Å². The molecule has 1 aromatic heterocycles. The fourth-order valence-corrected chi connectivity index (χ4v) is 1.82. The number of hydrogen-bond acceptors (Lipinski definition) is 3. The molecule has 2 aromatic rings. The zero-order chi connectivity index (χ0) is 13.1. The average molecular weight is 245 g/mol. The first kappa shape index (κ1) is 12.6. The van der Waals surface area contributed by atoms with Gasteiger partial charge in [-0.25, -0.2) is 4.39 Å². The Kier molecular flexibility index (Phi) is 3.67. The van der Waals surface area contributed by atoms with Crippen LogP contribution in [0.3, 0.4) is 0 Å². The van der Waals surface area contributed by atoms with Crippen LogP contribution in [0.4, 0.5) is 4.39 Å². The minimum absolute atomic E-state index is 0.220. The van der Waals surface area contributed by atoms with E-state index < -0.39 is 0 Å². The number of aromatic nitrogens is 2. The normalized spacial score (nSPS) is 12.4. The van der Waals surface area contributed by atoms with Gasteiger partial charge in [0.05, 0.1) is 23.6 Å². The summed E-state index contributed by atoms with van der Waals surface area (Å²) in [5.41, 5.74) is 9.65. The topological polar surface area (TPSA) is 51.8 Å². The summed E-state index contributed by atoms with van der Waals surface area (Å²) >= 11 is 0. The van der Waals surface area contributed by atoms with Gasteiger partial charge in [0.2, 0.25) is 0 Å². The van der Waals surface area contributed by atoms with Gasteiger partial charge in [-0.2, -0.15) is 0 Å². The van der Waals surface area contributed by atoms with Gasteiger partial charge in [0.25, 0.3) is 0 Å². The lowest BCUT2D eigenvalue weighted by Gasteiger charge is -2.12. The van der Waals surface area contributed by atoms with Crippen LogP contribution < -0.4 is 5.73 Å². The third kappa shape index (κ3) is 2.90. The van der Waals surface area contributed by atoms with Gasteiger partial charge in [-0.3, -0.25) is 9.97 Å². The smallest absolute Gasteiger partial charge is 0.123 e. The van der Waals surface area contributed by atoms with Crippen molar-refractivity contribution in [3.63, 3.8) is 0 Å². The minimum atomic E-state index is -0.222. The van der Waals surface area contributed by atoms with Crippen molar-refractivity contribution in [3.8, 4) is 0 Å². The van der Waals surface area contributed by atoms with Gasteiger partial charge < -0.3 is 5.73 Å². The predicted molar refractivity (Wildman–Crippen MR) is 68.5 cm³/mol. The Morgan fingerprint density at radius 1 is 1.22 bits per heavy atom. The summed E-state index contributed by atoms with van der Waals surface area (Å²) in [6.45, 7) is 3.76. The standard InChI is InChI=1S/C14H16FN3/c1-9-5-12(15)4-3-11(9)6-13(16)14-8-17-10(2)7-18-14/h3-5,7-8,13H,6,16H2,1-2H3. The van der Waals surface area contributed by atoms with E-state index in [1.54, 1.807) is 18.5 Å². The van der Waals surface area contributed by atoms with Gasteiger partial charge in [0.15, 0.2) is 0 Å². The van der Waals surface area contributed by atoms with E-state index in [-0.39, 0.29) is 11.9 Å². The molecule has 94 valence electrons.